The van der Waals surface area contributed by atoms with Crippen molar-refractivity contribution in [3.05, 3.63) is 34.7 Å². The molecule has 0 atom stereocenters. The van der Waals surface area contributed by atoms with Crippen LogP contribution in [-0.4, -0.2) is 40.4 Å². The van der Waals surface area contributed by atoms with Gasteiger partial charge in [0, 0.05) is 13.0 Å². The van der Waals surface area contributed by atoms with Crippen molar-refractivity contribution in [2.24, 2.45) is 0 Å². The number of carbonyl (C=O) groups excluding carboxylic acids is 2. The van der Waals surface area contributed by atoms with Crippen LogP contribution in [-0.2, 0) is 14.3 Å². The Kier molecular flexibility index (Phi) is 8.99. The Balaban J connectivity index is 1.85. The van der Waals surface area contributed by atoms with Crippen molar-refractivity contribution in [2.75, 3.05) is 13.2 Å². The van der Waals surface area contributed by atoms with Gasteiger partial charge in [-0.25, -0.2) is 0 Å². The topological polar surface area (TPSA) is 55.8 Å². The third-order valence-corrected chi connectivity index (χ3v) is 5.37. The zero-order chi connectivity index (χ0) is 20.5. The summed E-state index contributed by atoms with van der Waals surface area (Å²) in [6.07, 6.45) is 4.82. The van der Waals surface area contributed by atoms with Crippen molar-refractivity contribution in [3.8, 4) is 5.75 Å². The van der Waals surface area contributed by atoms with E-state index in [0.29, 0.717) is 28.8 Å². The first kappa shape index (κ1) is 22.4. The molecule has 7 heteroatoms. The number of carbonyl (C=O) groups is 2. The van der Waals surface area contributed by atoms with Gasteiger partial charge in [0.25, 0.3) is 5.91 Å². The molecule has 0 spiro atoms. The van der Waals surface area contributed by atoms with E-state index in [1.807, 2.05) is 44.2 Å². The second kappa shape index (κ2) is 11.2. The molecule has 0 saturated carbocycles. The first-order chi connectivity index (χ1) is 13.4. The highest BCUT2D eigenvalue weighted by Crippen LogP contribution is 2.33. The molecule has 152 valence electrons. The van der Waals surface area contributed by atoms with Gasteiger partial charge in [-0.05, 0) is 57.4 Å². The van der Waals surface area contributed by atoms with Gasteiger partial charge in [-0.15, -0.1) is 0 Å². The number of rotatable bonds is 10. The molecular formula is C21H27NO4S2. The average molecular weight is 422 g/mol. The number of hydrogen-bond acceptors (Lipinski definition) is 6. The molecule has 1 heterocycles. The van der Waals surface area contributed by atoms with Gasteiger partial charge in [0.15, 0.2) is 0 Å². The van der Waals surface area contributed by atoms with Crippen molar-refractivity contribution in [1.82, 2.24) is 4.90 Å². The summed E-state index contributed by atoms with van der Waals surface area (Å²) in [6.45, 7) is 6.75. The number of esters is 1. The van der Waals surface area contributed by atoms with E-state index in [4.69, 9.17) is 21.7 Å². The van der Waals surface area contributed by atoms with Crippen LogP contribution in [0.2, 0.25) is 0 Å². The second-order valence-electron chi connectivity index (χ2n) is 6.68. The third kappa shape index (κ3) is 6.95. The van der Waals surface area contributed by atoms with Crippen LogP contribution in [0.5, 0.6) is 5.75 Å². The summed E-state index contributed by atoms with van der Waals surface area (Å²) in [5.41, 5.74) is 0.936. The minimum absolute atomic E-state index is 0.0529. The number of unbranched alkanes of at least 4 members (excludes halogenated alkanes) is 2. The van der Waals surface area contributed by atoms with Gasteiger partial charge in [-0.2, -0.15) is 0 Å². The van der Waals surface area contributed by atoms with Crippen molar-refractivity contribution in [2.45, 2.75) is 52.6 Å². The van der Waals surface area contributed by atoms with Crippen LogP contribution in [0.3, 0.4) is 0 Å². The second-order valence-corrected chi connectivity index (χ2v) is 8.36. The summed E-state index contributed by atoms with van der Waals surface area (Å²) >= 11 is 6.70. The monoisotopic (exact) mass is 421 g/mol. The van der Waals surface area contributed by atoms with E-state index in [2.05, 4.69) is 0 Å². The smallest absolute Gasteiger partial charge is 0.305 e. The summed E-state index contributed by atoms with van der Waals surface area (Å²) in [7, 11) is 0. The number of hydrogen-bond donors (Lipinski definition) is 0. The zero-order valence-corrected chi connectivity index (χ0v) is 18.2. The predicted molar refractivity (Wildman–Crippen MR) is 117 cm³/mol. The van der Waals surface area contributed by atoms with Gasteiger partial charge in [0.1, 0.15) is 10.1 Å². The van der Waals surface area contributed by atoms with E-state index in [1.165, 1.54) is 11.8 Å². The molecule has 5 nitrogen and oxygen atoms in total. The van der Waals surface area contributed by atoms with Crippen LogP contribution in [0.25, 0.3) is 6.08 Å². The van der Waals surface area contributed by atoms with E-state index < -0.39 is 0 Å². The number of nitrogens with zero attached hydrogens (tertiary/aromatic N) is 1. The van der Waals surface area contributed by atoms with E-state index in [-0.39, 0.29) is 18.0 Å². The normalized spacial score (nSPS) is 15.6. The van der Waals surface area contributed by atoms with E-state index >= 15 is 0 Å². The lowest BCUT2D eigenvalue weighted by Crippen LogP contribution is -2.29. The van der Waals surface area contributed by atoms with Crippen LogP contribution in [0.15, 0.2) is 29.2 Å². The lowest BCUT2D eigenvalue weighted by atomic mass is 10.2. The largest absolute Gasteiger partial charge is 0.491 e. The molecule has 0 bridgehead atoms. The molecule has 0 N–H and O–H groups in total. The maximum atomic E-state index is 12.6. The van der Waals surface area contributed by atoms with Crippen molar-refractivity contribution in [1.29, 1.82) is 0 Å². The highest BCUT2D eigenvalue weighted by molar-refractivity contribution is 8.26. The number of benzene rings is 1. The summed E-state index contributed by atoms with van der Waals surface area (Å²) in [4.78, 5) is 26.2. The maximum absolute atomic E-state index is 12.6. The van der Waals surface area contributed by atoms with E-state index in [1.54, 1.807) is 11.8 Å². The molecule has 1 aliphatic rings. The fourth-order valence-electron chi connectivity index (χ4n) is 2.71. The standard InChI is InChI=1S/C21H27NO4S2/c1-4-25-19(23)8-6-5-7-13-22-20(24)18(28-21(22)27)14-16-9-11-17(12-10-16)26-15(2)3/h9-12,14-15H,4-8,13H2,1-3H3/b18-14-. The highest BCUT2D eigenvalue weighted by atomic mass is 32.2. The van der Waals surface area contributed by atoms with Crippen LogP contribution >= 0.6 is 24.0 Å². The van der Waals surface area contributed by atoms with Gasteiger partial charge in [0.2, 0.25) is 0 Å². The van der Waals surface area contributed by atoms with Crippen molar-refractivity contribution >= 4 is 46.3 Å². The van der Waals surface area contributed by atoms with Crippen molar-refractivity contribution in [3.63, 3.8) is 0 Å². The van der Waals surface area contributed by atoms with Gasteiger partial charge in [-0.1, -0.05) is 42.5 Å². The molecule has 0 radical (unpaired) electrons. The molecule has 2 rings (SSSR count). The molecule has 1 aliphatic heterocycles. The van der Waals surface area contributed by atoms with E-state index in [0.717, 1.165) is 30.6 Å². The predicted octanol–water partition coefficient (Wildman–Crippen LogP) is 4.80. The fraction of sp³-hybridized carbons (Fsp3) is 0.476. The van der Waals surface area contributed by atoms with Crippen molar-refractivity contribution < 1.29 is 19.1 Å². The van der Waals surface area contributed by atoms with Crippen LogP contribution in [0, 0.1) is 0 Å². The first-order valence-corrected chi connectivity index (χ1v) is 10.8. The molecule has 1 saturated heterocycles. The Morgan fingerprint density at radius 3 is 2.57 bits per heavy atom. The van der Waals surface area contributed by atoms with Crippen LogP contribution in [0.4, 0.5) is 0 Å². The molecule has 28 heavy (non-hydrogen) atoms. The summed E-state index contributed by atoms with van der Waals surface area (Å²) in [6, 6.07) is 7.66. The number of thiocarbonyl (C=S) groups is 1. The Hall–Kier alpha value is -1.86. The average Bonchev–Trinajstić information content (AvgIpc) is 2.90. The minimum Gasteiger partial charge on any atom is -0.491 e. The quantitative estimate of drug-likeness (QED) is 0.234. The SMILES string of the molecule is CCOC(=O)CCCCCN1C(=O)/C(=C/c2ccc(OC(C)C)cc2)SC1=S. The molecular weight excluding hydrogens is 394 g/mol. The van der Waals surface area contributed by atoms with E-state index in [9.17, 15) is 9.59 Å². The minimum atomic E-state index is -0.166. The lowest BCUT2D eigenvalue weighted by Gasteiger charge is -2.14. The molecule has 0 unspecified atom stereocenters. The van der Waals surface area contributed by atoms with Gasteiger partial charge in [-0.3, -0.25) is 14.5 Å². The molecule has 1 aromatic rings. The molecule has 0 aliphatic carbocycles. The lowest BCUT2D eigenvalue weighted by molar-refractivity contribution is -0.143. The Morgan fingerprint density at radius 2 is 1.93 bits per heavy atom. The fourth-order valence-corrected chi connectivity index (χ4v) is 4.02. The number of thioether (sulfide) groups is 1. The van der Waals surface area contributed by atoms with Crippen LogP contribution in [0.1, 0.15) is 52.0 Å². The molecule has 0 aromatic heterocycles. The molecule has 1 amide bonds. The summed E-state index contributed by atoms with van der Waals surface area (Å²) < 4.78 is 11.1. The maximum Gasteiger partial charge on any atom is 0.305 e. The van der Waals surface area contributed by atoms with Gasteiger partial charge >= 0.3 is 5.97 Å². The molecule has 1 aromatic carbocycles. The van der Waals surface area contributed by atoms with Crippen LogP contribution < -0.4 is 4.74 Å². The number of ether oxygens (including phenoxy) is 2. The summed E-state index contributed by atoms with van der Waals surface area (Å²) in [5, 5.41) is 0. The Bertz CT molecular complexity index is 728. The third-order valence-electron chi connectivity index (χ3n) is 3.99. The summed E-state index contributed by atoms with van der Waals surface area (Å²) in [5.74, 6) is 0.589. The molecule has 1 fully saturated rings. The zero-order valence-electron chi connectivity index (χ0n) is 16.6. The number of amides is 1. The first-order valence-electron chi connectivity index (χ1n) is 9.58. The highest BCUT2D eigenvalue weighted by Gasteiger charge is 2.31. The Labute approximate surface area is 176 Å². The van der Waals surface area contributed by atoms with Gasteiger partial charge < -0.3 is 9.47 Å². The van der Waals surface area contributed by atoms with Gasteiger partial charge in [0.05, 0.1) is 17.6 Å². The Morgan fingerprint density at radius 1 is 1.21 bits per heavy atom.